The summed E-state index contributed by atoms with van der Waals surface area (Å²) in [5, 5.41) is 7.62. The van der Waals surface area contributed by atoms with Crippen molar-refractivity contribution >= 4 is 11.6 Å². The molecule has 2 rings (SSSR count). The van der Waals surface area contributed by atoms with Crippen molar-refractivity contribution in [1.29, 1.82) is 0 Å². The van der Waals surface area contributed by atoms with E-state index in [9.17, 15) is 9.59 Å². The molecule has 1 N–H and O–H groups in total. The van der Waals surface area contributed by atoms with Gasteiger partial charge in [0.1, 0.15) is 17.3 Å². The molecule has 0 aliphatic rings. The van der Waals surface area contributed by atoms with E-state index in [1.54, 1.807) is 17.9 Å². The highest BCUT2D eigenvalue weighted by atomic mass is 35.5. The van der Waals surface area contributed by atoms with Gasteiger partial charge in [-0.2, -0.15) is 0 Å². The molecule has 0 atom stereocenters. The Hall–Kier alpha value is -1.89. The summed E-state index contributed by atoms with van der Waals surface area (Å²) < 4.78 is 2.80. The van der Waals surface area contributed by atoms with Gasteiger partial charge in [0.2, 0.25) is 0 Å². The van der Waals surface area contributed by atoms with Gasteiger partial charge >= 0.3 is 5.69 Å². The average molecular weight is 256 g/mol. The molecule has 2 aromatic heterocycles. The topological polar surface area (TPSA) is 85.6 Å². The quantitative estimate of drug-likeness (QED) is 0.754. The molecule has 0 amide bonds. The van der Waals surface area contributed by atoms with E-state index in [2.05, 4.69) is 15.2 Å². The van der Waals surface area contributed by atoms with E-state index in [0.717, 1.165) is 4.57 Å². The number of aryl methyl sites for hydroxylation is 2. The summed E-state index contributed by atoms with van der Waals surface area (Å²) in [5.74, 6) is 0.700. The molecule has 2 heterocycles. The molecule has 0 aliphatic carbocycles. The molecule has 90 valence electrons. The summed E-state index contributed by atoms with van der Waals surface area (Å²) in [7, 11) is 1.80. The fourth-order valence-electron chi connectivity index (χ4n) is 1.45. The minimum Gasteiger partial charge on any atom is -0.321 e. The van der Waals surface area contributed by atoms with Crippen LogP contribution in [0.2, 0.25) is 5.15 Å². The Morgan fingerprint density at radius 3 is 2.82 bits per heavy atom. The summed E-state index contributed by atoms with van der Waals surface area (Å²) in [6.07, 6.45) is 2.01. The molecule has 0 saturated heterocycles. The lowest BCUT2D eigenvalue weighted by molar-refractivity contribution is 0.599. The highest BCUT2D eigenvalue weighted by Gasteiger charge is 2.06. The van der Waals surface area contributed by atoms with Crippen LogP contribution in [0.3, 0.4) is 0 Å². The standard InChI is InChI=1S/C9H10ClN5O2/c1-14-5-11-13-7(14)2-3-15-8(16)4-6(10)12-9(15)17/h4-5H,2-3H2,1H3,(H,12,17). The van der Waals surface area contributed by atoms with Crippen LogP contribution in [0.15, 0.2) is 22.0 Å². The molecule has 0 fully saturated rings. The summed E-state index contributed by atoms with van der Waals surface area (Å²) in [5.41, 5.74) is -0.953. The lowest BCUT2D eigenvalue weighted by Gasteiger charge is -2.03. The van der Waals surface area contributed by atoms with Crippen molar-refractivity contribution in [3.8, 4) is 0 Å². The maximum atomic E-state index is 11.5. The average Bonchev–Trinajstić information content (AvgIpc) is 2.62. The number of halogens is 1. The first-order valence-electron chi connectivity index (χ1n) is 4.90. The zero-order valence-corrected chi connectivity index (χ0v) is 9.81. The molecule has 7 nitrogen and oxygen atoms in total. The number of hydrogen-bond donors (Lipinski definition) is 1. The molecular formula is C9H10ClN5O2. The number of nitrogens with one attached hydrogen (secondary N) is 1. The Bertz CT molecular complexity index is 610. The minimum absolute atomic E-state index is 0.0370. The molecule has 0 saturated carbocycles. The van der Waals surface area contributed by atoms with E-state index in [1.165, 1.54) is 6.07 Å². The molecule has 8 heteroatoms. The van der Waals surface area contributed by atoms with Crippen LogP contribution in [0.5, 0.6) is 0 Å². The van der Waals surface area contributed by atoms with Crippen LogP contribution in [-0.2, 0) is 20.0 Å². The van der Waals surface area contributed by atoms with Crippen molar-refractivity contribution < 1.29 is 0 Å². The second-order valence-corrected chi connectivity index (χ2v) is 3.93. The third kappa shape index (κ3) is 2.44. The third-order valence-electron chi connectivity index (χ3n) is 2.35. The highest BCUT2D eigenvalue weighted by Crippen LogP contribution is 1.96. The molecule has 0 bridgehead atoms. The number of aromatic nitrogens is 5. The van der Waals surface area contributed by atoms with E-state index in [4.69, 9.17) is 11.6 Å². The second-order valence-electron chi connectivity index (χ2n) is 3.52. The van der Waals surface area contributed by atoms with Crippen LogP contribution >= 0.6 is 11.6 Å². The summed E-state index contributed by atoms with van der Waals surface area (Å²) in [4.78, 5) is 25.4. The van der Waals surface area contributed by atoms with E-state index in [1.807, 2.05) is 0 Å². The first kappa shape index (κ1) is 11.6. The van der Waals surface area contributed by atoms with E-state index in [-0.39, 0.29) is 11.7 Å². The Morgan fingerprint density at radius 2 is 2.24 bits per heavy atom. The number of H-pyrrole nitrogens is 1. The SMILES string of the molecule is Cn1cnnc1CCn1c(=O)cc(Cl)[nH]c1=O. The van der Waals surface area contributed by atoms with Gasteiger partial charge in [-0.15, -0.1) is 10.2 Å². The predicted octanol–water partition coefficient (Wildman–Crippen LogP) is -0.439. The Labute approximate surface area is 101 Å². The molecule has 0 aromatic carbocycles. The van der Waals surface area contributed by atoms with Crippen molar-refractivity contribution in [3.63, 3.8) is 0 Å². The van der Waals surface area contributed by atoms with Crippen LogP contribution in [0.25, 0.3) is 0 Å². The van der Waals surface area contributed by atoms with Gasteiger partial charge in [-0.05, 0) is 0 Å². The van der Waals surface area contributed by atoms with Gasteiger partial charge in [0, 0.05) is 26.1 Å². The minimum atomic E-state index is -0.523. The third-order valence-corrected chi connectivity index (χ3v) is 2.56. The summed E-state index contributed by atoms with van der Waals surface area (Å²) in [6, 6.07) is 1.17. The first-order chi connectivity index (χ1) is 8.08. The van der Waals surface area contributed by atoms with Gasteiger partial charge in [-0.1, -0.05) is 11.6 Å². The van der Waals surface area contributed by atoms with Crippen molar-refractivity contribution in [1.82, 2.24) is 24.3 Å². The van der Waals surface area contributed by atoms with Gasteiger partial charge in [0.25, 0.3) is 5.56 Å². The molecule has 17 heavy (non-hydrogen) atoms. The second kappa shape index (κ2) is 4.54. The van der Waals surface area contributed by atoms with Crippen LogP contribution < -0.4 is 11.2 Å². The van der Waals surface area contributed by atoms with Gasteiger partial charge in [-0.25, -0.2) is 4.79 Å². The van der Waals surface area contributed by atoms with Gasteiger partial charge in [0.15, 0.2) is 0 Å². The lowest BCUT2D eigenvalue weighted by Crippen LogP contribution is -2.35. The molecular weight excluding hydrogens is 246 g/mol. The van der Waals surface area contributed by atoms with Gasteiger partial charge in [-0.3, -0.25) is 14.3 Å². The summed E-state index contributed by atoms with van der Waals surface area (Å²) in [6.45, 7) is 0.234. The van der Waals surface area contributed by atoms with Gasteiger partial charge in [0.05, 0.1) is 0 Å². The van der Waals surface area contributed by atoms with E-state index >= 15 is 0 Å². The Kier molecular flexibility index (Phi) is 3.10. The van der Waals surface area contributed by atoms with E-state index < -0.39 is 11.2 Å². The number of nitrogens with zero attached hydrogens (tertiary/aromatic N) is 4. The summed E-state index contributed by atoms with van der Waals surface area (Å²) >= 11 is 5.55. The fraction of sp³-hybridized carbons (Fsp3) is 0.333. The Morgan fingerprint density at radius 1 is 1.47 bits per heavy atom. The molecule has 2 aromatic rings. The van der Waals surface area contributed by atoms with Gasteiger partial charge < -0.3 is 4.57 Å². The monoisotopic (exact) mass is 255 g/mol. The van der Waals surface area contributed by atoms with Crippen LogP contribution in [0.4, 0.5) is 0 Å². The van der Waals surface area contributed by atoms with Crippen LogP contribution in [-0.4, -0.2) is 24.3 Å². The predicted molar refractivity (Wildman–Crippen MR) is 61.0 cm³/mol. The fourth-order valence-corrected chi connectivity index (χ4v) is 1.62. The Balaban J connectivity index is 2.23. The normalized spacial score (nSPS) is 10.7. The maximum absolute atomic E-state index is 11.5. The van der Waals surface area contributed by atoms with E-state index in [0.29, 0.717) is 12.2 Å². The highest BCUT2D eigenvalue weighted by molar-refractivity contribution is 6.29. The first-order valence-corrected chi connectivity index (χ1v) is 5.28. The largest absolute Gasteiger partial charge is 0.329 e. The van der Waals surface area contributed by atoms with Crippen LogP contribution in [0, 0.1) is 0 Å². The van der Waals surface area contributed by atoms with Crippen LogP contribution in [0.1, 0.15) is 5.82 Å². The number of aromatic amines is 1. The lowest BCUT2D eigenvalue weighted by atomic mass is 10.4. The molecule has 0 unspecified atom stereocenters. The van der Waals surface area contributed by atoms with Crippen molar-refractivity contribution in [2.45, 2.75) is 13.0 Å². The number of rotatable bonds is 3. The van der Waals surface area contributed by atoms with Crippen molar-refractivity contribution in [2.24, 2.45) is 7.05 Å². The molecule has 0 aliphatic heterocycles. The smallest absolute Gasteiger partial charge is 0.321 e. The molecule has 0 radical (unpaired) electrons. The zero-order chi connectivity index (χ0) is 12.4. The zero-order valence-electron chi connectivity index (χ0n) is 9.05. The number of hydrogen-bond acceptors (Lipinski definition) is 4. The van der Waals surface area contributed by atoms with Crippen molar-refractivity contribution in [3.05, 3.63) is 44.2 Å². The maximum Gasteiger partial charge on any atom is 0.329 e. The molecule has 0 spiro atoms. The van der Waals surface area contributed by atoms with Crippen molar-refractivity contribution in [2.75, 3.05) is 0 Å².